The van der Waals surface area contributed by atoms with Gasteiger partial charge < -0.3 is 4.74 Å². The Labute approximate surface area is 126 Å². The van der Waals surface area contributed by atoms with E-state index >= 15 is 0 Å². The summed E-state index contributed by atoms with van der Waals surface area (Å²) < 4.78 is 31.3. The Morgan fingerprint density at radius 3 is 2.71 bits per heavy atom. The molecule has 2 rings (SSSR count). The van der Waals surface area contributed by atoms with E-state index in [9.17, 15) is 13.2 Å². The third-order valence-electron chi connectivity index (χ3n) is 2.73. The van der Waals surface area contributed by atoms with E-state index in [0.717, 1.165) is 17.0 Å². The average Bonchev–Trinajstić information content (AvgIpc) is 3.06. The molecule has 0 fully saturated rings. The Bertz CT molecular complexity index is 746. The summed E-state index contributed by atoms with van der Waals surface area (Å²) in [4.78, 5) is 11.6. The monoisotopic (exact) mass is 329 g/mol. The smallest absolute Gasteiger partial charge is 0.348 e. The number of nitrogens with one attached hydrogen (secondary N) is 2. The van der Waals surface area contributed by atoms with Crippen LogP contribution in [0.2, 0.25) is 0 Å². The number of aromatic amines is 1. The van der Waals surface area contributed by atoms with Crippen LogP contribution in [0.4, 0.5) is 5.82 Å². The molecule has 0 spiro atoms. The van der Waals surface area contributed by atoms with Gasteiger partial charge in [-0.1, -0.05) is 13.8 Å². The van der Waals surface area contributed by atoms with Crippen LogP contribution < -0.4 is 4.72 Å². The number of methoxy groups -OCH3 is 1. The van der Waals surface area contributed by atoms with Crippen LogP contribution in [-0.4, -0.2) is 31.7 Å². The van der Waals surface area contributed by atoms with E-state index in [1.807, 2.05) is 13.8 Å². The number of ether oxygens (including phenoxy) is 1. The fraction of sp³-hybridized carbons (Fsp3) is 0.333. The summed E-state index contributed by atoms with van der Waals surface area (Å²) >= 11 is 1.01. The van der Waals surface area contributed by atoms with Crippen molar-refractivity contribution in [2.45, 2.75) is 24.7 Å². The van der Waals surface area contributed by atoms with Gasteiger partial charge in [0.15, 0.2) is 5.82 Å². The lowest BCUT2D eigenvalue weighted by molar-refractivity contribution is 0.0606. The molecule has 0 aliphatic rings. The van der Waals surface area contributed by atoms with Gasteiger partial charge >= 0.3 is 5.97 Å². The number of hydrogen-bond acceptors (Lipinski definition) is 6. The summed E-state index contributed by atoms with van der Waals surface area (Å²) in [6, 6.07) is 2.91. The Kier molecular flexibility index (Phi) is 4.33. The predicted octanol–water partition coefficient (Wildman–Crippen LogP) is 2.18. The third-order valence-corrected chi connectivity index (χ3v) is 5.12. The molecule has 2 aromatic rings. The lowest BCUT2D eigenvalue weighted by Crippen LogP contribution is -2.12. The second kappa shape index (κ2) is 5.86. The van der Waals surface area contributed by atoms with Gasteiger partial charge in [0.05, 0.1) is 12.0 Å². The van der Waals surface area contributed by atoms with E-state index in [-0.39, 0.29) is 21.5 Å². The number of aromatic nitrogens is 2. The number of thiophene rings is 1. The van der Waals surface area contributed by atoms with Gasteiger partial charge in [0, 0.05) is 17.1 Å². The zero-order chi connectivity index (χ0) is 15.6. The zero-order valence-electron chi connectivity index (χ0n) is 11.7. The molecule has 9 heteroatoms. The van der Waals surface area contributed by atoms with Crippen LogP contribution in [0.5, 0.6) is 0 Å². The van der Waals surface area contributed by atoms with E-state index in [1.54, 1.807) is 6.07 Å². The van der Waals surface area contributed by atoms with Gasteiger partial charge in [0.1, 0.15) is 4.88 Å². The first-order valence-electron chi connectivity index (χ1n) is 6.08. The third kappa shape index (κ3) is 3.42. The molecule has 2 aromatic heterocycles. The predicted molar refractivity (Wildman–Crippen MR) is 79.1 cm³/mol. The molecule has 0 amide bonds. The fourth-order valence-corrected chi connectivity index (χ4v) is 3.73. The maximum absolute atomic E-state index is 12.2. The first kappa shape index (κ1) is 15.5. The highest BCUT2D eigenvalue weighted by Crippen LogP contribution is 2.23. The minimum atomic E-state index is -3.78. The van der Waals surface area contributed by atoms with Gasteiger partial charge in [-0.05, 0) is 12.0 Å². The van der Waals surface area contributed by atoms with Crippen LogP contribution in [0.25, 0.3) is 0 Å². The van der Waals surface area contributed by atoms with Crippen molar-refractivity contribution < 1.29 is 17.9 Å². The summed E-state index contributed by atoms with van der Waals surface area (Å²) in [5.74, 6) is -0.143. The Balaban J connectivity index is 2.21. The largest absolute Gasteiger partial charge is 0.465 e. The molecule has 0 unspecified atom stereocenters. The van der Waals surface area contributed by atoms with Crippen LogP contribution in [-0.2, 0) is 14.8 Å². The SMILES string of the molecule is COC(=O)c1cc(S(=O)(=O)Nc2cc(C(C)C)[nH]n2)cs1. The number of carbonyl (C=O) groups excluding carboxylic acids is 1. The second-order valence-corrected chi connectivity index (χ2v) is 7.20. The van der Waals surface area contributed by atoms with Gasteiger partial charge in [-0.2, -0.15) is 5.10 Å². The van der Waals surface area contributed by atoms with Crippen molar-refractivity contribution in [3.05, 3.63) is 28.1 Å². The molecule has 0 atom stereocenters. The van der Waals surface area contributed by atoms with Crippen LogP contribution in [0, 0.1) is 0 Å². The maximum Gasteiger partial charge on any atom is 0.348 e. The molecule has 0 aliphatic carbocycles. The Morgan fingerprint density at radius 1 is 1.43 bits per heavy atom. The number of rotatable bonds is 5. The molecular formula is C12H15N3O4S2. The number of carbonyl (C=O) groups is 1. The second-order valence-electron chi connectivity index (χ2n) is 4.61. The van der Waals surface area contributed by atoms with E-state index < -0.39 is 16.0 Å². The average molecular weight is 329 g/mol. The highest BCUT2D eigenvalue weighted by atomic mass is 32.2. The van der Waals surface area contributed by atoms with Crippen molar-refractivity contribution >= 4 is 33.1 Å². The molecular weight excluding hydrogens is 314 g/mol. The quantitative estimate of drug-likeness (QED) is 0.819. The van der Waals surface area contributed by atoms with E-state index in [0.29, 0.717) is 0 Å². The number of hydrogen-bond donors (Lipinski definition) is 2. The summed E-state index contributed by atoms with van der Waals surface area (Å²) in [5.41, 5.74) is 0.827. The molecule has 0 bridgehead atoms. The van der Waals surface area contributed by atoms with Gasteiger partial charge in [-0.3, -0.25) is 9.82 Å². The number of H-pyrrole nitrogens is 1. The van der Waals surface area contributed by atoms with Crippen molar-refractivity contribution in [3.8, 4) is 0 Å². The minimum Gasteiger partial charge on any atom is -0.465 e. The van der Waals surface area contributed by atoms with E-state index in [4.69, 9.17) is 0 Å². The Morgan fingerprint density at radius 2 is 2.14 bits per heavy atom. The summed E-state index contributed by atoms with van der Waals surface area (Å²) in [6.45, 7) is 3.93. The molecule has 0 radical (unpaired) electrons. The minimum absolute atomic E-state index is 0.00185. The van der Waals surface area contributed by atoms with Gasteiger partial charge in [-0.25, -0.2) is 13.2 Å². The van der Waals surface area contributed by atoms with Crippen LogP contribution in [0.15, 0.2) is 22.4 Å². The molecule has 2 N–H and O–H groups in total. The van der Waals surface area contributed by atoms with Crippen molar-refractivity contribution in [1.29, 1.82) is 0 Å². The normalized spacial score (nSPS) is 11.6. The van der Waals surface area contributed by atoms with Gasteiger partial charge in [0.25, 0.3) is 10.0 Å². The van der Waals surface area contributed by atoms with E-state index in [1.165, 1.54) is 18.6 Å². The topological polar surface area (TPSA) is 101 Å². The molecule has 0 aliphatic heterocycles. The number of nitrogens with zero attached hydrogens (tertiary/aromatic N) is 1. The van der Waals surface area contributed by atoms with Crippen LogP contribution >= 0.6 is 11.3 Å². The molecule has 0 aromatic carbocycles. The molecule has 0 saturated carbocycles. The van der Waals surface area contributed by atoms with Crippen molar-refractivity contribution in [1.82, 2.24) is 10.2 Å². The number of esters is 1. The molecule has 114 valence electrons. The summed E-state index contributed by atoms with van der Waals surface area (Å²) in [7, 11) is -2.53. The molecule has 2 heterocycles. The lowest BCUT2D eigenvalue weighted by Gasteiger charge is -2.02. The molecule has 0 saturated heterocycles. The summed E-state index contributed by atoms with van der Waals surface area (Å²) in [6.07, 6.45) is 0. The van der Waals surface area contributed by atoms with E-state index in [2.05, 4.69) is 19.7 Å². The van der Waals surface area contributed by atoms with Crippen molar-refractivity contribution in [2.75, 3.05) is 11.8 Å². The summed E-state index contributed by atoms with van der Waals surface area (Å²) in [5, 5.41) is 8.05. The zero-order valence-corrected chi connectivity index (χ0v) is 13.3. The number of sulfonamides is 1. The fourth-order valence-electron chi connectivity index (χ4n) is 1.55. The Hall–Kier alpha value is -1.87. The maximum atomic E-state index is 12.2. The molecule has 21 heavy (non-hydrogen) atoms. The van der Waals surface area contributed by atoms with Crippen LogP contribution in [0.3, 0.4) is 0 Å². The van der Waals surface area contributed by atoms with Crippen molar-refractivity contribution in [3.63, 3.8) is 0 Å². The number of anilines is 1. The van der Waals surface area contributed by atoms with Gasteiger partial charge in [0.2, 0.25) is 0 Å². The first-order chi connectivity index (χ1) is 9.83. The first-order valence-corrected chi connectivity index (χ1v) is 8.44. The standard InChI is InChI=1S/C12H15N3O4S2/c1-7(2)9-5-11(14-13-9)15-21(17,18)8-4-10(20-6-8)12(16)19-3/h4-7H,1-3H3,(H2,13,14,15). The lowest BCUT2D eigenvalue weighted by atomic mass is 10.1. The highest BCUT2D eigenvalue weighted by molar-refractivity contribution is 7.92. The molecule has 7 nitrogen and oxygen atoms in total. The highest BCUT2D eigenvalue weighted by Gasteiger charge is 2.20. The van der Waals surface area contributed by atoms with Crippen molar-refractivity contribution in [2.24, 2.45) is 0 Å². The van der Waals surface area contributed by atoms with Crippen LogP contribution in [0.1, 0.15) is 35.1 Å². The van der Waals surface area contributed by atoms with Gasteiger partial charge in [-0.15, -0.1) is 11.3 Å².